The Hall–Kier alpha value is -1.40. The summed E-state index contributed by atoms with van der Waals surface area (Å²) < 4.78 is 29.3. The average Bonchev–Trinajstić information content (AvgIpc) is 2.42. The molecule has 7 heteroatoms. The molecule has 0 unspecified atom stereocenters. The SMILES string of the molecule is O=C(O)C1CCN(Cc2cc(Cl)ccc2OC(F)F)CC1. The van der Waals surface area contributed by atoms with Gasteiger partial charge in [-0.2, -0.15) is 8.78 Å². The highest BCUT2D eigenvalue weighted by Gasteiger charge is 2.25. The van der Waals surface area contributed by atoms with E-state index in [0.717, 1.165) is 0 Å². The number of hydrogen-bond acceptors (Lipinski definition) is 3. The molecule has 21 heavy (non-hydrogen) atoms. The predicted molar refractivity (Wildman–Crippen MR) is 73.7 cm³/mol. The first-order valence-electron chi connectivity index (χ1n) is 6.64. The van der Waals surface area contributed by atoms with Crippen molar-refractivity contribution in [2.45, 2.75) is 26.0 Å². The molecular formula is C14H16ClF2NO3. The van der Waals surface area contributed by atoms with Gasteiger partial charge >= 0.3 is 12.6 Å². The summed E-state index contributed by atoms with van der Waals surface area (Å²) in [6, 6.07) is 4.52. The van der Waals surface area contributed by atoms with Crippen molar-refractivity contribution in [1.82, 2.24) is 4.90 Å². The zero-order valence-electron chi connectivity index (χ0n) is 11.3. The fraction of sp³-hybridized carbons (Fsp3) is 0.500. The molecule has 0 atom stereocenters. The second kappa shape index (κ2) is 7.04. The lowest BCUT2D eigenvalue weighted by molar-refractivity contribution is -0.143. The minimum absolute atomic E-state index is 0.106. The van der Waals surface area contributed by atoms with E-state index >= 15 is 0 Å². The van der Waals surface area contributed by atoms with E-state index in [1.807, 2.05) is 4.90 Å². The quantitative estimate of drug-likeness (QED) is 0.905. The number of likely N-dealkylation sites (tertiary alicyclic amines) is 1. The minimum Gasteiger partial charge on any atom is -0.481 e. The van der Waals surface area contributed by atoms with Gasteiger partial charge in [0.1, 0.15) is 5.75 Å². The summed E-state index contributed by atoms with van der Waals surface area (Å²) in [7, 11) is 0. The lowest BCUT2D eigenvalue weighted by Crippen LogP contribution is -2.35. The molecule has 0 bridgehead atoms. The summed E-state index contributed by atoms with van der Waals surface area (Å²) in [5.41, 5.74) is 0.580. The zero-order valence-corrected chi connectivity index (χ0v) is 12.0. The summed E-state index contributed by atoms with van der Waals surface area (Å²) in [6.45, 7) is -1.26. The largest absolute Gasteiger partial charge is 0.481 e. The average molecular weight is 320 g/mol. The zero-order chi connectivity index (χ0) is 15.4. The van der Waals surface area contributed by atoms with E-state index in [9.17, 15) is 13.6 Å². The maximum Gasteiger partial charge on any atom is 0.387 e. The summed E-state index contributed by atoms with van der Waals surface area (Å²) in [5.74, 6) is -0.994. The molecule has 0 amide bonds. The monoisotopic (exact) mass is 319 g/mol. The van der Waals surface area contributed by atoms with Crippen LogP contribution in [0.5, 0.6) is 5.75 Å². The Morgan fingerprint density at radius 1 is 1.43 bits per heavy atom. The van der Waals surface area contributed by atoms with Crippen LogP contribution in [-0.2, 0) is 11.3 Å². The number of hydrogen-bond donors (Lipinski definition) is 1. The molecule has 1 aromatic rings. The van der Waals surface area contributed by atoms with Crippen LogP contribution in [0.15, 0.2) is 18.2 Å². The van der Waals surface area contributed by atoms with Crippen LogP contribution in [0.3, 0.4) is 0 Å². The number of ether oxygens (including phenoxy) is 1. The van der Waals surface area contributed by atoms with Crippen LogP contribution < -0.4 is 4.74 Å². The third-order valence-electron chi connectivity index (χ3n) is 3.57. The first-order chi connectivity index (χ1) is 9.95. The van der Waals surface area contributed by atoms with Gasteiger partial charge in [0.05, 0.1) is 5.92 Å². The van der Waals surface area contributed by atoms with Crippen molar-refractivity contribution in [3.8, 4) is 5.75 Å². The van der Waals surface area contributed by atoms with E-state index in [-0.39, 0.29) is 11.7 Å². The molecule has 0 radical (unpaired) electrons. The summed E-state index contributed by atoms with van der Waals surface area (Å²) in [4.78, 5) is 12.9. The third kappa shape index (κ3) is 4.54. The number of carboxylic acids is 1. The Morgan fingerprint density at radius 3 is 2.67 bits per heavy atom. The molecule has 1 aliphatic rings. The van der Waals surface area contributed by atoms with E-state index in [1.54, 1.807) is 6.07 Å². The van der Waals surface area contributed by atoms with Crippen LogP contribution in [0.1, 0.15) is 18.4 Å². The lowest BCUT2D eigenvalue weighted by Gasteiger charge is -2.30. The lowest BCUT2D eigenvalue weighted by atomic mass is 9.97. The summed E-state index contributed by atoms with van der Waals surface area (Å²) >= 11 is 5.90. The predicted octanol–water partition coefficient (Wildman–Crippen LogP) is 3.24. The highest BCUT2D eigenvalue weighted by molar-refractivity contribution is 6.30. The van der Waals surface area contributed by atoms with Crippen molar-refractivity contribution in [2.24, 2.45) is 5.92 Å². The molecule has 1 aliphatic heterocycles. The molecule has 1 fully saturated rings. The molecule has 4 nitrogen and oxygen atoms in total. The van der Waals surface area contributed by atoms with E-state index in [4.69, 9.17) is 16.7 Å². The number of rotatable bonds is 5. The van der Waals surface area contributed by atoms with Crippen LogP contribution in [0.4, 0.5) is 8.78 Å². The Bertz CT molecular complexity index is 505. The Labute approximate surface area is 126 Å². The van der Waals surface area contributed by atoms with Gasteiger partial charge in [-0.05, 0) is 44.1 Å². The van der Waals surface area contributed by atoms with Gasteiger partial charge in [-0.15, -0.1) is 0 Å². The number of benzene rings is 1. The second-order valence-corrected chi connectivity index (χ2v) is 5.46. The number of alkyl halides is 2. The molecule has 0 aliphatic carbocycles. The van der Waals surface area contributed by atoms with Crippen molar-refractivity contribution < 1.29 is 23.4 Å². The molecule has 116 valence electrons. The molecule has 1 N–H and O–H groups in total. The Morgan fingerprint density at radius 2 is 2.10 bits per heavy atom. The Balaban J connectivity index is 2.02. The second-order valence-electron chi connectivity index (χ2n) is 5.02. The van der Waals surface area contributed by atoms with Gasteiger partial charge in [0, 0.05) is 17.1 Å². The molecule has 1 heterocycles. The maximum atomic E-state index is 12.4. The van der Waals surface area contributed by atoms with E-state index in [2.05, 4.69) is 4.74 Å². The molecule has 0 aromatic heterocycles. The first-order valence-corrected chi connectivity index (χ1v) is 7.02. The maximum absolute atomic E-state index is 12.4. The van der Waals surface area contributed by atoms with Gasteiger partial charge in [-0.1, -0.05) is 11.6 Å². The van der Waals surface area contributed by atoms with Crippen molar-refractivity contribution in [3.05, 3.63) is 28.8 Å². The topological polar surface area (TPSA) is 49.8 Å². The highest BCUT2D eigenvalue weighted by Crippen LogP contribution is 2.27. The van der Waals surface area contributed by atoms with Gasteiger partial charge in [-0.25, -0.2) is 0 Å². The fourth-order valence-corrected chi connectivity index (χ4v) is 2.66. The first kappa shape index (κ1) is 16.0. The number of nitrogens with zero attached hydrogens (tertiary/aromatic N) is 1. The standard InChI is InChI=1S/C14H16ClF2NO3/c15-11-1-2-12(21-14(16)17)10(7-11)8-18-5-3-9(4-6-18)13(19)20/h1-2,7,9,14H,3-6,8H2,(H,19,20). The molecule has 0 saturated carbocycles. The molecular weight excluding hydrogens is 304 g/mol. The van der Waals surface area contributed by atoms with Gasteiger partial charge in [0.25, 0.3) is 0 Å². The van der Waals surface area contributed by atoms with E-state index in [0.29, 0.717) is 43.1 Å². The third-order valence-corrected chi connectivity index (χ3v) is 3.80. The van der Waals surface area contributed by atoms with Crippen LogP contribution in [0.2, 0.25) is 5.02 Å². The van der Waals surface area contributed by atoms with Crippen molar-refractivity contribution in [1.29, 1.82) is 0 Å². The van der Waals surface area contributed by atoms with E-state index < -0.39 is 12.6 Å². The fourth-order valence-electron chi connectivity index (χ4n) is 2.46. The molecule has 2 rings (SSSR count). The highest BCUT2D eigenvalue weighted by atomic mass is 35.5. The van der Waals surface area contributed by atoms with Crippen LogP contribution in [0, 0.1) is 5.92 Å². The number of halogens is 3. The normalized spacial score (nSPS) is 17.1. The van der Waals surface area contributed by atoms with E-state index in [1.165, 1.54) is 12.1 Å². The van der Waals surface area contributed by atoms with Crippen LogP contribution in [-0.4, -0.2) is 35.7 Å². The van der Waals surface area contributed by atoms with Crippen LogP contribution in [0.25, 0.3) is 0 Å². The van der Waals surface area contributed by atoms with Gasteiger partial charge in [0.15, 0.2) is 0 Å². The van der Waals surface area contributed by atoms with Gasteiger partial charge < -0.3 is 9.84 Å². The summed E-state index contributed by atoms with van der Waals surface area (Å²) in [5, 5.41) is 9.41. The number of aliphatic carboxylic acids is 1. The van der Waals surface area contributed by atoms with Crippen molar-refractivity contribution >= 4 is 17.6 Å². The molecule has 1 aromatic carbocycles. The number of carboxylic acid groups (broad SMARTS) is 1. The number of piperidine rings is 1. The smallest absolute Gasteiger partial charge is 0.387 e. The van der Waals surface area contributed by atoms with Crippen molar-refractivity contribution in [3.63, 3.8) is 0 Å². The summed E-state index contributed by atoms with van der Waals surface area (Å²) in [6.07, 6.45) is 1.11. The molecule has 0 spiro atoms. The van der Waals surface area contributed by atoms with Gasteiger partial charge in [0.2, 0.25) is 0 Å². The van der Waals surface area contributed by atoms with Crippen molar-refractivity contribution in [2.75, 3.05) is 13.1 Å². The molecule has 1 saturated heterocycles. The minimum atomic E-state index is -2.89. The number of carbonyl (C=O) groups is 1. The van der Waals surface area contributed by atoms with Gasteiger partial charge in [-0.3, -0.25) is 9.69 Å². The van der Waals surface area contributed by atoms with Crippen LogP contribution >= 0.6 is 11.6 Å². The Kier molecular flexibility index (Phi) is 5.36.